The second-order valence-corrected chi connectivity index (χ2v) is 5.71. The summed E-state index contributed by atoms with van der Waals surface area (Å²) < 4.78 is 0. The molecule has 0 radical (unpaired) electrons. The van der Waals surface area contributed by atoms with E-state index in [1.807, 2.05) is 14.0 Å². The lowest BCUT2D eigenvalue weighted by atomic mass is 10.0. The van der Waals surface area contributed by atoms with Crippen LogP contribution < -0.4 is 10.6 Å². The van der Waals surface area contributed by atoms with Gasteiger partial charge in [-0.05, 0) is 47.2 Å². The van der Waals surface area contributed by atoms with Crippen molar-refractivity contribution in [1.29, 1.82) is 0 Å². The van der Waals surface area contributed by atoms with Gasteiger partial charge < -0.3 is 10.6 Å². The minimum Gasteiger partial charge on any atom is -0.350 e. The fraction of sp³-hybridized carbons (Fsp3) is 0.923. The van der Waals surface area contributed by atoms with Crippen LogP contribution in [0, 0.1) is 0 Å². The predicted molar refractivity (Wildman–Crippen MR) is 71.0 cm³/mol. The molecule has 4 nitrogen and oxygen atoms in total. The van der Waals surface area contributed by atoms with Gasteiger partial charge in [0.2, 0.25) is 5.91 Å². The Morgan fingerprint density at radius 2 is 2.24 bits per heavy atom. The first-order valence-corrected chi connectivity index (χ1v) is 6.62. The van der Waals surface area contributed by atoms with E-state index in [1.54, 1.807) is 0 Å². The molecule has 4 heteroatoms. The van der Waals surface area contributed by atoms with Gasteiger partial charge in [0.15, 0.2) is 0 Å². The first kappa shape index (κ1) is 14.5. The van der Waals surface area contributed by atoms with E-state index in [4.69, 9.17) is 0 Å². The molecule has 17 heavy (non-hydrogen) atoms. The van der Waals surface area contributed by atoms with E-state index in [-0.39, 0.29) is 17.5 Å². The zero-order valence-corrected chi connectivity index (χ0v) is 11.8. The average Bonchev–Trinajstić information content (AvgIpc) is 2.80. The second kappa shape index (κ2) is 5.83. The van der Waals surface area contributed by atoms with E-state index in [1.165, 1.54) is 0 Å². The smallest absolute Gasteiger partial charge is 0.237 e. The molecule has 1 heterocycles. The van der Waals surface area contributed by atoms with Crippen molar-refractivity contribution < 1.29 is 4.79 Å². The van der Waals surface area contributed by atoms with Crippen molar-refractivity contribution in [3.05, 3.63) is 0 Å². The van der Waals surface area contributed by atoms with Crippen LogP contribution in [0.25, 0.3) is 0 Å². The standard InChI is InChI=1S/C13H27N3O/c1-6-13(3,4)15-12(17)10(2)16(5)11-7-8-14-9-11/h10-11,14H,6-9H2,1-5H3,(H,15,17). The van der Waals surface area contributed by atoms with Crippen LogP contribution in [0.2, 0.25) is 0 Å². The molecule has 1 fully saturated rings. The number of amides is 1. The third-order valence-corrected chi connectivity index (χ3v) is 3.95. The maximum atomic E-state index is 12.1. The molecule has 2 unspecified atom stereocenters. The van der Waals surface area contributed by atoms with Gasteiger partial charge in [-0.3, -0.25) is 9.69 Å². The Kier molecular flexibility index (Phi) is 4.95. The Morgan fingerprint density at radius 3 is 2.71 bits per heavy atom. The lowest BCUT2D eigenvalue weighted by molar-refractivity contribution is -0.127. The van der Waals surface area contributed by atoms with Crippen molar-refractivity contribution in [3.63, 3.8) is 0 Å². The summed E-state index contributed by atoms with van der Waals surface area (Å²) in [5.41, 5.74) is -0.111. The molecule has 0 bridgehead atoms. The summed E-state index contributed by atoms with van der Waals surface area (Å²) >= 11 is 0. The molecule has 0 aliphatic carbocycles. The van der Waals surface area contributed by atoms with Crippen molar-refractivity contribution in [2.24, 2.45) is 0 Å². The van der Waals surface area contributed by atoms with Gasteiger partial charge in [-0.15, -0.1) is 0 Å². The van der Waals surface area contributed by atoms with Gasteiger partial charge in [-0.25, -0.2) is 0 Å². The van der Waals surface area contributed by atoms with Crippen molar-refractivity contribution >= 4 is 5.91 Å². The predicted octanol–water partition coefficient (Wildman–Crippen LogP) is 0.973. The molecular formula is C13H27N3O. The fourth-order valence-electron chi connectivity index (χ4n) is 2.01. The second-order valence-electron chi connectivity index (χ2n) is 5.71. The number of hydrogen-bond donors (Lipinski definition) is 2. The third-order valence-electron chi connectivity index (χ3n) is 3.95. The summed E-state index contributed by atoms with van der Waals surface area (Å²) in [6, 6.07) is 0.422. The van der Waals surface area contributed by atoms with Crippen LogP contribution in [-0.2, 0) is 4.79 Å². The van der Waals surface area contributed by atoms with Crippen LogP contribution in [0.1, 0.15) is 40.5 Å². The van der Waals surface area contributed by atoms with Crippen LogP contribution in [-0.4, -0.2) is 48.6 Å². The molecule has 2 N–H and O–H groups in total. The molecule has 0 aromatic carbocycles. The molecule has 1 saturated heterocycles. The number of carbonyl (C=O) groups excluding carboxylic acids is 1. The molecule has 1 rings (SSSR count). The number of carbonyl (C=O) groups is 1. The monoisotopic (exact) mass is 241 g/mol. The van der Waals surface area contributed by atoms with Crippen LogP contribution in [0.4, 0.5) is 0 Å². The molecule has 1 aliphatic heterocycles. The summed E-state index contributed by atoms with van der Waals surface area (Å²) in [4.78, 5) is 14.3. The molecule has 0 aromatic rings. The highest BCUT2D eigenvalue weighted by atomic mass is 16.2. The molecule has 0 saturated carbocycles. The van der Waals surface area contributed by atoms with Crippen LogP contribution >= 0.6 is 0 Å². The Hall–Kier alpha value is -0.610. The zero-order chi connectivity index (χ0) is 13.1. The topological polar surface area (TPSA) is 44.4 Å². The molecule has 0 aromatic heterocycles. The van der Waals surface area contributed by atoms with Gasteiger partial charge in [0.05, 0.1) is 6.04 Å². The fourth-order valence-corrected chi connectivity index (χ4v) is 2.01. The summed E-state index contributed by atoms with van der Waals surface area (Å²) in [6.07, 6.45) is 2.07. The Labute approximate surface area is 105 Å². The maximum absolute atomic E-state index is 12.1. The number of likely N-dealkylation sites (N-methyl/N-ethyl adjacent to an activating group) is 1. The molecule has 100 valence electrons. The Balaban J connectivity index is 2.50. The summed E-state index contributed by atoms with van der Waals surface area (Å²) in [5, 5.41) is 6.44. The molecular weight excluding hydrogens is 214 g/mol. The van der Waals surface area contributed by atoms with Crippen molar-refractivity contribution in [1.82, 2.24) is 15.5 Å². The van der Waals surface area contributed by atoms with Gasteiger partial charge in [-0.1, -0.05) is 6.92 Å². The van der Waals surface area contributed by atoms with Crippen LogP contribution in [0.15, 0.2) is 0 Å². The van der Waals surface area contributed by atoms with E-state index >= 15 is 0 Å². The van der Waals surface area contributed by atoms with Gasteiger partial charge in [-0.2, -0.15) is 0 Å². The number of nitrogens with zero attached hydrogens (tertiary/aromatic N) is 1. The quantitative estimate of drug-likeness (QED) is 0.754. The van der Waals surface area contributed by atoms with E-state index < -0.39 is 0 Å². The van der Waals surface area contributed by atoms with Crippen molar-refractivity contribution in [2.45, 2.75) is 58.2 Å². The molecule has 1 amide bonds. The summed E-state index contributed by atoms with van der Waals surface area (Å²) in [5.74, 6) is 0.131. The maximum Gasteiger partial charge on any atom is 0.237 e. The normalized spacial score (nSPS) is 22.8. The lowest BCUT2D eigenvalue weighted by Crippen LogP contribution is -2.53. The largest absolute Gasteiger partial charge is 0.350 e. The van der Waals surface area contributed by atoms with Gasteiger partial charge in [0, 0.05) is 18.1 Å². The minimum atomic E-state index is -0.111. The number of hydrogen-bond acceptors (Lipinski definition) is 3. The van der Waals surface area contributed by atoms with Gasteiger partial charge in [0.1, 0.15) is 0 Å². The highest BCUT2D eigenvalue weighted by Gasteiger charge is 2.29. The number of rotatable bonds is 5. The average molecular weight is 241 g/mol. The summed E-state index contributed by atoms with van der Waals surface area (Å²) in [7, 11) is 2.04. The molecule has 2 atom stereocenters. The highest BCUT2D eigenvalue weighted by molar-refractivity contribution is 5.82. The van der Waals surface area contributed by atoms with E-state index in [0.717, 1.165) is 25.9 Å². The lowest BCUT2D eigenvalue weighted by Gasteiger charge is -2.32. The Morgan fingerprint density at radius 1 is 1.59 bits per heavy atom. The van der Waals surface area contributed by atoms with E-state index in [0.29, 0.717) is 6.04 Å². The zero-order valence-electron chi connectivity index (χ0n) is 11.8. The van der Waals surface area contributed by atoms with E-state index in [2.05, 4.69) is 36.3 Å². The van der Waals surface area contributed by atoms with Gasteiger partial charge in [0.25, 0.3) is 0 Å². The third kappa shape index (κ3) is 3.96. The Bertz CT molecular complexity index is 259. The van der Waals surface area contributed by atoms with E-state index in [9.17, 15) is 4.79 Å². The van der Waals surface area contributed by atoms with Crippen LogP contribution in [0.3, 0.4) is 0 Å². The first-order chi connectivity index (χ1) is 7.87. The van der Waals surface area contributed by atoms with Gasteiger partial charge >= 0.3 is 0 Å². The van der Waals surface area contributed by atoms with Crippen molar-refractivity contribution in [2.75, 3.05) is 20.1 Å². The van der Waals surface area contributed by atoms with Crippen LogP contribution in [0.5, 0.6) is 0 Å². The number of nitrogens with one attached hydrogen (secondary N) is 2. The van der Waals surface area contributed by atoms with Crippen molar-refractivity contribution in [3.8, 4) is 0 Å². The SMILES string of the molecule is CCC(C)(C)NC(=O)C(C)N(C)C1CCNC1. The summed E-state index contributed by atoms with van der Waals surface area (Å²) in [6.45, 7) is 10.3. The molecule has 0 spiro atoms. The minimum absolute atomic E-state index is 0.0641. The first-order valence-electron chi connectivity index (χ1n) is 6.62. The molecule has 1 aliphatic rings. The highest BCUT2D eigenvalue weighted by Crippen LogP contribution is 2.12.